The molecule has 0 radical (unpaired) electrons. The summed E-state index contributed by atoms with van der Waals surface area (Å²) in [7, 11) is 0. The zero-order chi connectivity index (χ0) is 11.7. The molecule has 2 heterocycles. The Bertz CT molecular complexity index is 554. The summed E-state index contributed by atoms with van der Waals surface area (Å²) >= 11 is 11.4. The summed E-state index contributed by atoms with van der Waals surface area (Å²) < 4.78 is 4.82. The van der Waals surface area contributed by atoms with Gasteiger partial charge in [-0.15, -0.1) is 0 Å². The van der Waals surface area contributed by atoms with E-state index in [1.54, 1.807) is 6.92 Å². The first-order valence-electron chi connectivity index (χ1n) is 4.37. The number of esters is 1. The van der Waals surface area contributed by atoms with Crippen molar-refractivity contribution in [1.82, 2.24) is 20.2 Å². The van der Waals surface area contributed by atoms with Gasteiger partial charge in [-0.25, -0.2) is 14.8 Å². The van der Waals surface area contributed by atoms with Gasteiger partial charge in [0.05, 0.1) is 6.61 Å². The summed E-state index contributed by atoms with van der Waals surface area (Å²) in [6, 6.07) is 0. The molecular weight excluding hydrogens is 255 g/mol. The first-order chi connectivity index (χ1) is 7.63. The van der Waals surface area contributed by atoms with Crippen molar-refractivity contribution < 1.29 is 9.53 Å². The van der Waals surface area contributed by atoms with Gasteiger partial charge in [0.2, 0.25) is 5.28 Å². The molecule has 8 heteroatoms. The van der Waals surface area contributed by atoms with Crippen LogP contribution in [0.1, 0.15) is 17.4 Å². The van der Waals surface area contributed by atoms with Crippen LogP contribution in [0.4, 0.5) is 0 Å². The molecule has 0 amide bonds. The first kappa shape index (κ1) is 11.1. The standard InChI is InChI=1S/C8H6Cl2N4O2/c1-2-16-7(15)5-3-4(13-14-5)6(9)12-8(10)11-3/h2H2,1H3,(H,13,14). The number of H-pyrrole nitrogens is 1. The molecule has 0 aromatic carbocycles. The minimum Gasteiger partial charge on any atom is -0.461 e. The summed E-state index contributed by atoms with van der Waals surface area (Å²) in [5.41, 5.74) is 0.653. The van der Waals surface area contributed by atoms with E-state index in [4.69, 9.17) is 27.9 Å². The third-order valence-electron chi connectivity index (χ3n) is 1.81. The van der Waals surface area contributed by atoms with Crippen molar-refractivity contribution in [3.63, 3.8) is 0 Å². The fourth-order valence-corrected chi connectivity index (χ4v) is 1.61. The molecule has 1 N–H and O–H groups in total. The van der Waals surface area contributed by atoms with Crippen LogP contribution in [-0.2, 0) is 4.74 Å². The second kappa shape index (κ2) is 4.23. The molecule has 2 rings (SSSR count). The maximum Gasteiger partial charge on any atom is 0.358 e. The van der Waals surface area contributed by atoms with Gasteiger partial charge >= 0.3 is 5.97 Å². The number of nitrogens with one attached hydrogen (secondary N) is 1. The lowest BCUT2D eigenvalue weighted by atomic mass is 10.3. The minimum absolute atomic E-state index is 0.0514. The lowest BCUT2D eigenvalue weighted by Gasteiger charge is -1.98. The predicted octanol–water partition coefficient (Wildman–Crippen LogP) is 1.84. The van der Waals surface area contributed by atoms with Gasteiger partial charge in [0.25, 0.3) is 0 Å². The Hall–Kier alpha value is -1.40. The Kier molecular flexibility index (Phi) is 2.93. The molecule has 0 aliphatic carbocycles. The van der Waals surface area contributed by atoms with Crippen LogP contribution in [0.5, 0.6) is 0 Å². The van der Waals surface area contributed by atoms with E-state index in [9.17, 15) is 4.79 Å². The van der Waals surface area contributed by atoms with Gasteiger partial charge in [0.1, 0.15) is 11.0 Å². The van der Waals surface area contributed by atoms with E-state index in [2.05, 4.69) is 20.2 Å². The van der Waals surface area contributed by atoms with Gasteiger partial charge in [0, 0.05) is 0 Å². The van der Waals surface area contributed by atoms with Crippen molar-refractivity contribution >= 4 is 40.2 Å². The number of halogens is 2. The van der Waals surface area contributed by atoms with Crippen LogP contribution >= 0.6 is 23.2 Å². The number of hydrogen-bond donors (Lipinski definition) is 1. The Morgan fingerprint density at radius 3 is 2.81 bits per heavy atom. The highest BCUT2D eigenvalue weighted by Gasteiger charge is 2.19. The van der Waals surface area contributed by atoms with Gasteiger partial charge < -0.3 is 4.74 Å². The summed E-state index contributed by atoms with van der Waals surface area (Å²) in [6.45, 7) is 1.96. The first-order valence-corrected chi connectivity index (χ1v) is 5.13. The topological polar surface area (TPSA) is 80.8 Å². The zero-order valence-corrected chi connectivity index (χ0v) is 9.63. The third-order valence-corrected chi connectivity index (χ3v) is 2.24. The molecule has 0 atom stereocenters. The smallest absolute Gasteiger partial charge is 0.358 e. The van der Waals surface area contributed by atoms with Gasteiger partial charge in [-0.1, -0.05) is 11.6 Å². The van der Waals surface area contributed by atoms with Crippen molar-refractivity contribution in [1.29, 1.82) is 0 Å². The summed E-state index contributed by atoms with van der Waals surface area (Å²) in [4.78, 5) is 19.1. The molecule has 0 fully saturated rings. The van der Waals surface area contributed by atoms with E-state index >= 15 is 0 Å². The number of carbonyl (C=O) groups excluding carboxylic acids is 1. The zero-order valence-electron chi connectivity index (χ0n) is 8.12. The van der Waals surface area contributed by atoms with Crippen LogP contribution in [0.3, 0.4) is 0 Å². The number of aromatic nitrogens is 4. The fraction of sp³-hybridized carbons (Fsp3) is 0.250. The minimum atomic E-state index is -0.559. The van der Waals surface area contributed by atoms with Gasteiger partial charge in [-0.2, -0.15) is 5.10 Å². The molecule has 0 saturated heterocycles. The van der Waals surface area contributed by atoms with Crippen molar-refractivity contribution in [2.45, 2.75) is 6.92 Å². The molecule has 0 saturated carbocycles. The molecule has 2 aromatic rings. The molecule has 6 nitrogen and oxygen atoms in total. The lowest BCUT2D eigenvalue weighted by Crippen LogP contribution is -2.06. The lowest BCUT2D eigenvalue weighted by molar-refractivity contribution is 0.0521. The van der Waals surface area contributed by atoms with E-state index < -0.39 is 5.97 Å². The van der Waals surface area contributed by atoms with E-state index in [1.165, 1.54) is 0 Å². The quantitative estimate of drug-likeness (QED) is 0.506. The third kappa shape index (κ3) is 1.81. The number of ether oxygens (including phenoxy) is 1. The molecule has 0 unspecified atom stereocenters. The molecule has 0 aliphatic heterocycles. The number of nitrogens with zero attached hydrogens (tertiary/aromatic N) is 3. The van der Waals surface area contributed by atoms with E-state index in [1.807, 2.05) is 0 Å². The molecule has 16 heavy (non-hydrogen) atoms. The van der Waals surface area contributed by atoms with Crippen LogP contribution in [0.25, 0.3) is 11.0 Å². The Morgan fingerprint density at radius 1 is 1.38 bits per heavy atom. The monoisotopic (exact) mass is 260 g/mol. The molecule has 84 valence electrons. The van der Waals surface area contributed by atoms with E-state index in [0.717, 1.165) is 0 Å². The van der Waals surface area contributed by atoms with Gasteiger partial charge in [-0.05, 0) is 18.5 Å². The normalized spacial score (nSPS) is 10.7. The average molecular weight is 261 g/mol. The average Bonchev–Trinajstić information content (AvgIpc) is 2.61. The number of hydrogen-bond acceptors (Lipinski definition) is 5. The fourth-order valence-electron chi connectivity index (χ4n) is 1.19. The maximum absolute atomic E-state index is 11.5. The Morgan fingerprint density at radius 2 is 2.12 bits per heavy atom. The highest BCUT2D eigenvalue weighted by Crippen LogP contribution is 2.22. The largest absolute Gasteiger partial charge is 0.461 e. The molecule has 0 spiro atoms. The van der Waals surface area contributed by atoms with E-state index in [-0.39, 0.29) is 33.8 Å². The Balaban J connectivity index is 2.60. The molecule has 0 aliphatic rings. The molecule has 2 aromatic heterocycles. The van der Waals surface area contributed by atoms with Crippen molar-refractivity contribution in [3.05, 3.63) is 16.1 Å². The second-order valence-corrected chi connectivity index (χ2v) is 3.50. The van der Waals surface area contributed by atoms with Crippen LogP contribution in [-0.4, -0.2) is 32.7 Å². The number of aromatic amines is 1. The van der Waals surface area contributed by atoms with Gasteiger partial charge in [0.15, 0.2) is 10.8 Å². The number of fused-ring (bicyclic) bond motifs is 1. The van der Waals surface area contributed by atoms with Crippen molar-refractivity contribution in [2.75, 3.05) is 6.61 Å². The number of carbonyl (C=O) groups is 1. The summed E-state index contributed by atoms with van der Waals surface area (Å²) in [5, 5.41) is 6.35. The predicted molar refractivity (Wildman–Crippen MR) is 57.7 cm³/mol. The Labute approximate surface area is 99.9 Å². The molecule has 0 bridgehead atoms. The SMILES string of the molecule is CCOC(=O)c1[nH]nc2c(Cl)nc(Cl)nc12. The van der Waals surface area contributed by atoms with Crippen molar-refractivity contribution in [3.8, 4) is 0 Å². The highest BCUT2D eigenvalue weighted by molar-refractivity contribution is 6.35. The summed E-state index contributed by atoms with van der Waals surface area (Å²) in [6.07, 6.45) is 0. The van der Waals surface area contributed by atoms with Crippen LogP contribution in [0.15, 0.2) is 0 Å². The van der Waals surface area contributed by atoms with Crippen LogP contribution in [0.2, 0.25) is 10.4 Å². The molecular formula is C8H6Cl2N4O2. The maximum atomic E-state index is 11.5. The summed E-state index contributed by atoms with van der Waals surface area (Å²) in [5.74, 6) is -0.559. The van der Waals surface area contributed by atoms with Crippen LogP contribution in [0, 0.1) is 0 Å². The highest BCUT2D eigenvalue weighted by atomic mass is 35.5. The number of rotatable bonds is 2. The van der Waals surface area contributed by atoms with E-state index in [0.29, 0.717) is 0 Å². The van der Waals surface area contributed by atoms with Crippen molar-refractivity contribution in [2.24, 2.45) is 0 Å². The second-order valence-electron chi connectivity index (χ2n) is 2.80. The van der Waals surface area contributed by atoms with Crippen LogP contribution < -0.4 is 0 Å². The van der Waals surface area contributed by atoms with Gasteiger partial charge in [-0.3, -0.25) is 5.10 Å².